The number of pyridine rings is 1. The molecule has 2 aromatic rings. The fourth-order valence-corrected chi connectivity index (χ4v) is 2.36. The molecule has 0 saturated heterocycles. The van der Waals surface area contributed by atoms with Gasteiger partial charge in [-0.1, -0.05) is 49.7 Å². The van der Waals surface area contributed by atoms with E-state index < -0.39 is 0 Å². The van der Waals surface area contributed by atoms with Crippen molar-refractivity contribution in [2.75, 3.05) is 7.05 Å². The van der Waals surface area contributed by atoms with E-state index >= 15 is 0 Å². The number of rotatable bonds is 3. The van der Waals surface area contributed by atoms with Crippen molar-refractivity contribution in [2.45, 2.75) is 26.8 Å². The number of aromatic nitrogens is 1. The van der Waals surface area contributed by atoms with Gasteiger partial charge < -0.3 is 4.90 Å². The Morgan fingerprint density at radius 1 is 1.20 bits per heavy atom. The molecule has 0 spiro atoms. The molecule has 1 aromatic heterocycles. The lowest BCUT2D eigenvalue weighted by atomic mass is 10.0. The average molecular weight is 291 g/mol. The van der Waals surface area contributed by atoms with Gasteiger partial charge in [0.15, 0.2) is 0 Å². The molecule has 106 valence electrons. The van der Waals surface area contributed by atoms with Crippen molar-refractivity contribution in [3.63, 3.8) is 0 Å². The van der Waals surface area contributed by atoms with Crippen molar-refractivity contribution in [3.8, 4) is 0 Å². The first kappa shape index (κ1) is 14.8. The minimum atomic E-state index is -0.0217. The monoisotopic (exact) mass is 290 g/mol. The normalized spacial score (nSPS) is 12.7. The van der Waals surface area contributed by atoms with Crippen molar-refractivity contribution in [3.05, 3.63) is 41.2 Å². The van der Waals surface area contributed by atoms with Crippen LogP contribution in [0.2, 0.25) is 5.15 Å². The van der Waals surface area contributed by atoms with Crippen LogP contribution in [-0.4, -0.2) is 28.9 Å². The summed E-state index contributed by atoms with van der Waals surface area (Å²) < 4.78 is 0. The molecule has 3 nitrogen and oxygen atoms in total. The van der Waals surface area contributed by atoms with Crippen LogP contribution in [0.25, 0.3) is 10.8 Å². The summed E-state index contributed by atoms with van der Waals surface area (Å²) in [7, 11) is 1.83. The van der Waals surface area contributed by atoms with Crippen molar-refractivity contribution >= 4 is 28.3 Å². The van der Waals surface area contributed by atoms with E-state index in [0.29, 0.717) is 16.6 Å². The first-order chi connectivity index (χ1) is 9.43. The zero-order chi connectivity index (χ0) is 14.9. The van der Waals surface area contributed by atoms with Crippen LogP contribution in [0.1, 0.15) is 31.1 Å². The van der Waals surface area contributed by atoms with E-state index in [-0.39, 0.29) is 11.9 Å². The van der Waals surface area contributed by atoms with Crippen LogP contribution in [-0.2, 0) is 0 Å². The Hall–Kier alpha value is -1.61. The van der Waals surface area contributed by atoms with Gasteiger partial charge in [-0.2, -0.15) is 0 Å². The van der Waals surface area contributed by atoms with Gasteiger partial charge in [0.25, 0.3) is 5.91 Å². The molecule has 0 fully saturated rings. The summed E-state index contributed by atoms with van der Waals surface area (Å²) in [5.74, 6) is 0.377. The number of carbonyl (C=O) groups is 1. The molecule has 1 atom stereocenters. The van der Waals surface area contributed by atoms with Gasteiger partial charge in [-0.3, -0.25) is 4.79 Å². The van der Waals surface area contributed by atoms with Crippen molar-refractivity contribution in [1.82, 2.24) is 9.88 Å². The third kappa shape index (κ3) is 2.63. The zero-order valence-corrected chi connectivity index (χ0v) is 13.0. The predicted molar refractivity (Wildman–Crippen MR) is 83.1 cm³/mol. The smallest absolute Gasteiger partial charge is 0.256 e. The molecular formula is C16H19ClN2O. The van der Waals surface area contributed by atoms with Gasteiger partial charge in [0.05, 0.1) is 5.56 Å². The highest BCUT2D eigenvalue weighted by atomic mass is 35.5. The SMILES string of the molecule is CC(C)C(C)N(C)C(=O)c1cnc(Cl)c2ccccc12. The average Bonchev–Trinajstić information content (AvgIpc) is 2.45. The van der Waals surface area contributed by atoms with E-state index in [1.807, 2.05) is 38.2 Å². The number of benzene rings is 1. The zero-order valence-electron chi connectivity index (χ0n) is 12.2. The van der Waals surface area contributed by atoms with Crippen LogP contribution in [0.5, 0.6) is 0 Å². The molecule has 1 unspecified atom stereocenters. The molecule has 1 heterocycles. The van der Waals surface area contributed by atoms with Crippen LogP contribution >= 0.6 is 11.6 Å². The Morgan fingerprint density at radius 3 is 2.40 bits per heavy atom. The second-order valence-electron chi connectivity index (χ2n) is 5.41. The largest absolute Gasteiger partial charge is 0.339 e. The fraction of sp³-hybridized carbons (Fsp3) is 0.375. The summed E-state index contributed by atoms with van der Waals surface area (Å²) in [6.07, 6.45) is 1.57. The minimum absolute atomic E-state index is 0.0217. The van der Waals surface area contributed by atoms with Gasteiger partial charge in [0, 0.05) is 24.7 Å². The van der Waals surface area contributed by atoms with E-state index in [0.717, 1.165) is 10.8 Å². The molecule has 0 saturated carbocycles. The first-order valence-corrected chi connectivity index (χ1v) is 7.11. The van der Waals surface area contributed by atoms with Gasteiger partial charge in [0.2, 0.25) is 0 Å². The summed E-state index contributed by atoms with van der Waals surface area (Å²) in [6.45, 7) is 6.26. The fourth-order valence-electron chi connectivity index (χ4n) is 2.15. The first-order valence-electron chi connectivity index (χ1n) is 6.74. The van der Waals surface area contributed by atoms with Crippen molar-refractivity contribution < 1.29 is 4.79 Å². The maximum atomic E-state index is 12.7. The summed E-state index contributed by atoms with van der Waals surface area (Å²) in [5, 5.41) is 2.09. The summed E-state index contributed by atoms with van der Waals surface area (Å²) in [6, 6.07) is 7.75. The summed E-state index contributed by atoms with van der Waals surface area (Å²) in [5.41, 5.74) is 0.597. The van der Waals surface area contributed by atoms with Gasteiger partial charge in [-0.05, 0) is 18.2 Å². The van der Waals surface area contributed by atoms with E-state index in [9.17, 15) is 4.79 Å². The third-order valence-corrected chi connectivity index (χ3v) is 4.17. The van der Waals surface area contributed by atoms with E-state index in [1.165, 1.54) is 0 Å². The second kappa shape index (κ2) is 5.80. The second-order valence-corrected chi connectivity index (χ2v) is 5.77. The maximum Gasteiger partial charge on any atom is 0.256 e. The molecule has 0 bridgehead atoms. The molecular weight excluding hydrogens is 272 g/mol. The van der Waals surface area contributed by atoms with Crippen LogP contribution in [0.3, 0.4) is 0 Å². The number of hydrogen-bond acceptors (Lipinski definition) is 2. The molecule has 0 aliphatic rings. The number of fused-ring (bicyclic) bond motifs is 1. The molecule has 0 radical (unpaired) electrons. The number of carbonyl (C=O) groups excluding carboxylic acids is 1. The van der Waals surface area contributed by atoms with Gasteiger partial charge >= 0.3 is 0 Å². The molecule has 0 aliphatic heterocycles. The lowest BCUT2D eigenvalue weighted by Gasteiger charge is -2.28. The lowest BCUT2D eigenvalue weighted by molar-refractivity contribution is 0.0709. The molecule has 2 rings (SSSR count). The Morgan fingerprint density at radius 2 is 1.80 bits per heavy atom. The lowest BCUT2D eigenvalue weighted by Crippen LogP contribution is -2.38. The van der Waals surface area contributed by atoms with Gasteiger partial charge in [-0.25, -0.2) is 4.98 Å². The highest BCUT2D eigenvalue weighted by molar-refractivity contribution is 6.34. The Bertz CT molecular complexity index is 639. The molecule has 20 heavy (non-hydrogen) atoms. The van der Waals surface area contributed by atoms with E-state index in [2.05, 4.69) is 18.8 Å². The van der Waals surface area contributed by atoms with Crippen LogP contribution in [0.4, 0.5) is 0 Å². The third-order valence-electron chi connectivity index (χ3n) is 3.87. The highest BCUT2D eigenvalue weighted by Gasteiger charge is 2.22. The van der Waals surface area contributed by atoms with Crippen LogP contribution in [0, 0.1) is 5.92 Å². The Balaban J connectivity index is 2.48. The molecule has 1 amide bonds. The maximum absolute atomic E-state index is 12.7. The minimum Gasteiger partial charge on any atom is -0.339 e. The Kier molecular flexibility index (Phi) is 4.29. The summed E-state index contributed by atoms with van der Waals surface area (Å²) >= 11 is 6.09. The van der Waals surface area contributed by atoms with Gasteiger partial charge in [0.1, 0.15) is 5.15 Å². The number of nitrogens with zero attached hydrogens (tertiary/aromatic N) is 2. The number of hydrogen-bond donors (Lipinski definition) is 0. The standard InChI is InChI=1S/C16H19ClN2O/c1-10(2)11(3)19(4)16(20)14-9-18-15(17)13-8-6-5-7-12(13)14/h5-11H,1-4H3. The quantitative estimate of drug-likeness (QED) is 0.800. The predicted octanol–water partition coefficient (Wildman–Crippen LogP) is 4.00. The van der Waals surface area contributed by atoms with Crippen molar-refractivity contribution in [1.29, 1.82) is 0 Å². The number of halogens is 1. The van der Waals surface area contributed by atoms with E-state index in [4.69, 9.17) is 11.6 Å². The van der Waals surface area contributed by atoms with Crippen LogP contribution < -0.4 is 0 Å². The molecule has 0 N–H and O–H groups in total. The number of amides is 1. The van der Waals surface area contributed by atoms with Crippen LogP contribution in [0.15, 0.2) is 30.5 Å². The Labute approximate surface area is 124 Å². The van der Waals surface area contributed by atoms with Crippen molar-refractivity contribution in [2.24, 2.45) is 5.92 Å². The summed E-state index contributed by atoms with van der Waals surface area (Å²) in [4.78, 5) is 18.6. The molecule has 4 heteroatoms. The van der Waals surface area contributed by atoms with E-state index in [1.54, 1.807) is 11.1 Å². The molecule has 0 aliphatic carbocycles. The molecule has 1 aromatic carbocycles. The topological polar surface area (TPSA) is 33.2 Å². The highest BCUT2D eigenvalue weighted by Crippen LogP contribution is 2.25. The van der Waals surface area contributed by atoms with Gasteiger partial charge in [-0.15, -0.1) is 0 Å².